The van der Waals surface area contributed by atoms with Crippen molar-refractivity contribution >= 4 is 0 Å². The van der Waals surface area contributed by atoms with Gasteiger partial charge in [0.15, 0.2) is 0 Å². The van der Waals surface area contributed by atoms with E-state index in [0.717, 1.165) is 12.3 Å². The van der Waals surface area contributed by atoms with Crippen molar-refractivity contribution in [2.24, 2.45) is 0 Å². The lowest BCUT2D eigenvalue weighted by Crippen LogP contribution is -2.41. The zero-order valence-electron chi connectivity index (χ0n) is 12.4. The zero-order chi connectivity index (χ0) is 14.7. The predicted octanol–water partition coefficient (Wildman–Crippen LogP) is 1.99. The predicted molar refractivity (Wildman–Crippen MR) is 82.1 cm³/mol. The maximum absolute atomic E-state index is 5.50. The maximum Gasteiger partial charge on any atom is 0.120 e. The van der Waals surface area contributed by atoms with Crippen LogP contribution in [0.3, 0.4) is 0 Å². The molecule has 0 aliphatic carbocycles. The molecule has 3 rings (SSSR count). The number of nitrogens with zero attached hydrogens (tertiary/aromatic N) is 1. The number of benzene rings is 1. The van der Waals surface area contributed by atoms with Crippen molar-refractivity contribution < 1.29 is 4.42 Å². The molecule has 1 fully saturated rings. The molecule has 1 saturated heterocycles. The molecule has 5 nitrogen and oxygen atoms in total. The summed E-state index contributed by atoms with van der Waals surface area (Å²) in [7, 11) is 2.12. The van der Waals surface area contributed by atoms with Crippen molar-refractivity contribution in [1.29, 1.82) is 0 Å². The Bertz CT molecular complexity index is 543. The van der Waals surface area contributed by atoms with Crippen LogP contribution < -0.4 is 16.4 Å². The van der Waals surface area contributed by atoms with E-state index in [1.807, 2.05) is 18.2 Å². The molecule has 1 aliphatic rings. The zero-order valence-corrected chi connectivity index (χ0v) is 12.4. The Morgan fingerprint density at radius 1 is 1.14 bits per heavy atom. The average molecular weight is 286 g/mol. The summed E-state index contributed by atoms with van der Waals surface area (Å²) in [5, 5.41) is 0. The second-order valence-corrected chi connectivity index (χ2v) is 5.54. The van der Waals surface area contributed by atoms with Crippen molar-refractivity contribution in [3.05, 3.63) is 60.1 Å². The fourth-order valence-corrected chi connectivity index (χ4v) is 2.74. The van der Waals surface area contributed by atoms with Crippen LogP contribution in [0.15, 0.2) is 53.1 Å². The maximum atomic E-state index is 5.50. The molecule has 0 bridgehead atoms. The molecule has 0 spiro atoms. The van der Waals surface area contributed by atoms with Crippen LogP contribution in [0.5, 0.6) is 0 Å². The van der Waals surface area contributed by atoms with Crippen LogP contribution in [0, 0.1) is 0 Å². The van der Waals surface area contributed by atoms with E-state index in [1.165, 1.54) is 5.56 Å². The van der Waals surface area contributed by atoms with Crippen molar-refractivity contribution in [2.45, 2.75) is 25.0 Å². The molecule has 0 radical (unpaired) electrons. The Morgan fingerprint density at radius 3 is 2.67 bits per heavy atom. The fraction of sp³-hybridized carbons (Fsp3) is 0.375. The number of hydrazine groups is 2. The summed E-state index contributed by atoms with van der Waals surface area (Å²) in [5.74, 6) is 0.993. The molecule has 0 saturated carbocycles. The highest BCUT2D eigenvalue weighted by atomic mass is 16.3. The van der Waals surface area contributed by atoms with Crippen molar-refractivity contribution in [3.63, 3.8) is 0 Å². The van der Waals surface area contributed by atoms with Crippen LogP contribution in [0.2, 0.25) is 0 Å². The Labute approximate surface area is 125 Å². The van der Waals surface area contributed by atoms with E-state index in [4.69, 9.17) is 4.42 Å². The summed E-state index contributed by atoms with van der Waals surface area (Å²) in [5.41, 5.74) is 10.9. The summed E-state index contributed by atoms with van der Waals surface area (Å²) >= 11 is 0. The van der Waals surface area contributed by atoms with E-state index in [-0.39, 0.29) is 18.1 Å². The van der Waals surface area contributed by atoms with E-state index in [2.05, 4.69) is 59.5 Å². The molecule has 21 heavy (non-hydrogen) atoms. The first-order valence-electron chi connectivity index (χ1n) is 7.30. The Kier molecular flexibility index (Phi) is 4.36. The first-order chi connectivity index (χ1) is 10.3. The van der Waals surface area contributed by atoms with Crippen molar-refractivity contribution in [2.75, 3.05) is 13.6 Å². The lowest BCUT2D eigenvalue weighted by atomic mass is 10.00. The van der Waals surface area contributed by atoms with E-state index < -0.39 is 0 Å². The van der Waals surface area contributed by atoms with E-state index >= 15 is 0 Å². The quantitative estimate of drug-likeness (QED) is 0.785. The average Bonchev–Trinajstić information content (AvgIpc) is 3.19. The molecule has 2 heterocycles. The molecule has 3 N–H and O–H groups in total. The molecule has 3 atom stereocenters. The van der Waals surface area contributed by atoms with Crippen LogP contribution in [0.25, 0.3) is 0 Å². The number of hydrogen-bond donors (Lipinski definition) is 3. The first-order valence-corrected chi connectivity index (χ1v) is 7.30. The monoisotopic (exact) mass is 286 g/mol. The fourth-order valence-electron chi connectivity index (χ4n) is 2.74. The molecule has 1 aliphatic heterocycles. The van der Waals surface area contributed by atoms with Crippen LogP contribution in [0.4, 0.5) is 0 Å². The lowest BCUT2D eigenvalue weighted by molar-refractivity contribution is 0.206. The van der Waals surface area contributed by atoms with Gasteiger partial charge in [-0.15, -0.1) is 0 Å². The minimum atomic E-state index is 0.248. The smallest absolute Gasteiger partial charge is 0.120 e. The van der Waals surface area contributed by atoms with Gasteiger partial charge in [-0.05, 0) is 31.7 Å². The largest absolute Gasteiger partial charge is 0.468 e. The Hall–Kier alpha value is -1.66. The third-order valence-electron chi connectivity index (χ3n) is 4.15. The van der Waals surface area contributed by atoms with Crippen molar-refractivity contribution in [1.82, 2.24) is 21.3 Å². The Balaban J connectivity index is 1.66. The SMILES string of the molecule is CC(c1ccco1)N(C)CC1NNNC1c1ccccc1. The van der Waals surface area contributed by atoms with Crippen LogP contribution in [-0.4, -0.2) is 24.5 Å². The molecule has 5 heteroatoms. The highest BCUT2D eigenvalue weighted by Gasteiger charge is 2.30. The first kappa shape index (κ1) is 14.3. The van der Waals surface area contributed by atoms with Gasteiger partial charge in [-0.25, -0.2) is 10.9 Å². The third kappa shape index (κ3) is 3.16. The minimum Gasteiger partial charge on any atom is -0.468 e. The van der Waals surface area contributed by atoms with Crippen molar-refractivity contribution in [3.8, 4) is 0 Å². The number of furan rings is 1. The van der Waals surface area contributed by atoms with Gasteiger partial charge in [-0.1, -0.05) is 30.3 Å². The molecule has 3 unspecified atom stereocenters. The van der Waals surface area contributed by atoms with Crippen LogP contribution >= 0.6 is 0 Å². The highest BCUT2D eigenvalue weighted by Crippen LogP contribution is 2.23. The van der Waals surface area contributed by atoms with Gasteiger partial charge in [0.2, 0.25) is 0 Å². The van der Waals surface area contributed by atoms with Gasteiger partial charge >= 0.3 is 0 Å². The molecule has 2 aromatic rings. The van der Waals surface area contributed by atoms with Gasteiger partial charge in [0.1, 0.15) is 5.76 Å². The summed E-state index contributed by atoms with van der Waals surface area (Å²) in [6.45, 7) is 3.06. The molecular formula is C16H22N4O. The van der Waals surface area contributed by atoms with E-state index in [9.17, 15) is 0 Å². The van der Waals surface area contributed by atoms with Gasteiger partial charge < -0.3 is 4.42 Å². The van der Waals surface area contributed by atoms with Crippen LogP contribution in [-0.2, 0) is 0 Å². The van der Waals surface area contributed by atoms with Gasteiger partial charge in [-0.3, -0.25) is 4.90 Å². The second kappa shape index (κ2) is 6.41. The molecule has 1 aromatic heterocycles. The summed E-state index contributed by atoms with van der Waals surface area (Å²) in [6.07, 6.45) is 1.73. The van der Waals surface area contributed by atoms with Gasteiger partial charge in [-0.2, -0.15) is 5.53 Å². The lowest BCUT2D eigenvalue weighted by Gasteiger charge is -2.28. The molecular weight excluding hydrogens is 264 g/mol. The van der Waals surface area contributed by atoms with Crippen LogP contribution in [0.1, 0.15) is 30.3 Å². The third-order valence-corrected chi connectivity index (χ3v) is 4.15. The van der Waals surface area contributed by atoms with Gasteiger partial charge in [0.05, 0.1) is 24.4 Å². The van der Waals surface area contributed by atoms with Gasteiger partial charge in [0, 0.05) is 6.54 Å². The van der Waals surface area contributed by atoms with E-state index in [0.29, 0.717) is 0 Å². The normalized spacial score (nSPS) is 23.6. The highest BCUT2D eigenvalue weighted by molar-refractivity contribution is 5.21. The number of rotatable bonds is 5. The number of hydrogen-bond acceptors (Lipinski definition) is 5. The number of nitrogens with one attached hydrogen (secondary N) is 3. The summed E-state index contributed by atoms with van der Waals surface area (Å²) in [4.78, 5) is 2.29. The topological polar surface area (TPSA) is 52.5 Å². The minimum absolute atomic E-state index is 0.248. The van der Waals surface area contributed by atoms with Gasteiger partial charge in [0.25, 0.3) is 0 Å². The second-order valence-electron chi connectivity index (χ2n) is 5.54. The number of likely N-dealkylation sites (N-methyl/N-ethyl adjacent to an activating group) is 1. The molecule has 0 amide bonds. The molecule has 112 valence electrons. The standard InChI is InChI=1S/C16H22N4O/c1-12(15-9-6-10-21-15)20(2)11-14-16(18-19-17-14)13-7-4-3-5-8-13/h3-10,12,14,16-19H,11H2,1-2H3. The summed E-state index contributed by atoms with van der Waals surface area (Å²) in [6, 6.07) is 15.2. The molecule has 1 aromatic carbocycles. The summed E-state index contributed by atoms with van der Waals surface area (Å²) < 4.78 is 5.50. The Morgan fingerprint density at radius 2 is 1.95 bits per heavy atom. The van der Waals surface area contributed by atoms with E-state index in [1.54, 1.807) is 6.26 Å².